The van der Waals surface area contributed by atoms with Gasteiger partial charge in [-0.05, 0) is 18.3 Å². The Hall–Kier alpha value is -0.130. The summed E-state index contributed by atoms with van der Waals surface area (Å²) in [4.78, 5) is 0. The Bertz CT molecular complexity index is 281. The molecule has 0 aliphatic rings. The highest BCUT2D eigenvalue weighted by Crippen LogP contribution is 2.19. The highest BCUT2D eigenvalue weighted by atomic mass is 32.2. The van der Waals surface area contributed by atoms with E-state index in [0.29, 0.717) is 13.0 Å². The number of sulfonamides is 1. The third kappa shape index (κ3) is 9.12. The molecule has 0 amide bonds. The number of hydrogen-bond acceptors (Lipinski definition) is 3. The number of hydrogen-bond donors (Lipinski definition) is 2. The normalized spacial score (nSPS) is 15.1. The lowest BCUT2D eigenvalue weighted by molar-refractivity contribution is 0.338. The van der Waals surface area contributed by atoms with Gasteiger partial charge < -0.3 is 5.73 Å². The predicted molar refractivity (Wildman–Crippen MR) is 68.7 cm³/mol. The van der Waals surface area contributed by atoms with Gasteiger partial charge in [0.05, 0.1) is 5.75 Å². The van der Waals surface area contributed by atoms with E-state index in [9.17, 15) is 8.42 Å². The average molecular weight is 250 g/mol. The maximum atomic E-state index is 11.5. The fraction of sp³-hybridized carbons (Fsp3) is 1.00. The predicted octanol–water partition coefficient (Wildman–Crippen LogP) is 1.47. The van der Waals surface area contributed by atoms with Gasteiger partial charge in [-0.15, -0.1) is 0 Å². The number of nitrogens with two attached hydrogens (primary N) is 1. The highest BCUT2D eigenvalue weighted by Gasteiger charge is 2.17. The second-order valence-corrected chi connectivity index (χ2v) is 7.47. The lowest BCUT2D eigenvalue weighted by Gasteiger charge is -2.23. The van der Waals surface area contributed by atoms with Gasteiger partial charge in [0, 0.05) is 12.6 Å². The fourth-order valence-corrected chi connectivity index (χ4v) is 2.78. The van der Waals surface area contributed by atoms with Crippen molar-refractivity contribution >= 4 is 10.0 Å². The van der Waals surface area contributed by atoms with Gasteiger partial charge in [-0.3, -0.25) is 0 Å². The fourth-order valence-electron chi connectivity index (χ4n) is 1.50. The van der Waals surface area contributed by atoms with Crippen LogP contribution in [0.25, 0.3) is 0 Å². The van der Waals surface area contributed by atoms with Crippen LogP contribution in [0.15, 0.2) is 0 Å². The Morgan fingerprint density at radius 1 is 1.31 bits per heavy atom. The van der Waals surface area contributed by atoms with Gasteiger partial charge in [0.15, 0.2) is 0 Å². The van der Waals surface area contributed by atoms with Crippen molar-refractivity contribution in [2.45, 2.75) is 53.0 Å². The van der Waals surface area contributed by atoms with E-state index in [1.54, 1.807) is 0 Å². The molecule has 0 heterocycles. The summed E-state index contributed by atoms with van der Waals surface area (Å²) in [7, 11) is -3.12. The van der Waals surface area contributed by atoms with Crippen LogP contribution in [0.3, 0.4) is 0 Å². The molecule has 0 aromatic heterocycles. The standard InChI is InChI=1S/C11H26N2O2S/c1-5-6-7-16(14,15)13-9-10(12)8-11(2,3)4/h10,13H,5-9,12H2,1-4H3. The molecule has 0 aromatic rings. The quantitative estimate of drug-likeness (QED) is 0.718. The van der Waals surface area contributed by atoms with Crippen molar-refractivity contribution in [1.29, 1.82) is 0 Å². The summed E-state index contributed by atoms with van der Waals surface area (Å²) in [6.45, 7) is 8.60. The molecule has 0 saturated heterocycles. The van der Waals surface area contributed by atoms with Crippen LogP contribution in [0.1, 0.15) is 47.0 Å². The Balaban J connectivity index is 3.95. The van der Waals surface area contributed by atoms with Crippen LogP contribution in [-0.2, 0) is 10.0 Å². The van der Waals surface area contributed by atoms with Crippen LogP contribution in [0.2, 0.25) is 0 Å². The van der Waals surface area contributed by atoms with Crippen molar-refractivity contribution < 1.29 is 8.42 Å². The molecular weight excluding hydrogens is 224 g/mol. The van der Waals surface area contributed by atoms with Crippen LogP contribution in [0.5, 0.6) is 0 Å². The molecule has 0 spiro atoms. The molecule has 1 atom stereocenters. The highest BCUT2D eigenvalue weighted by molar-refractivity contribution is 7.89. The van der Waals surface area contributed by atoms with Crippen LogP contribution < -0.4 is 10.5 Å². The molecule has 0 aliphatic heterocycles. The lowest BCUT2D eigenvalue weighted by Crippen LogP contribution is -2.40. The Kier molecular flexibility index (Phi) is 6.51. The van der Waals surface area contributed by atoms with Gasteiger partial charge in [0.2, 0.25) is 10.0 Å². The molecule has 16 heavy (non-hydrogen) atoms. The first kappa shape index (κ1) is 15.9. The van der Waals surface area contributed by atoms with Crippen LogP contribution in [-0.4, -0.2) is 26.8 Å². The van der Waals surface area contributed by atoms with E-state index in [0.717, 1.165) is 12.8 Å². The van der Waals surface area contributed by atoms with E-state index >= 15 is 0 Å². The number of rotatable bonds is 7. The van der Waals surface area contributed by atoms with E-state index in [1.807, 2.05) is 6.92 Å². The van der Waals surface area contributed by atoms with Crippen molar-refractivity contribution in [2.24, 2.45) is 11.1 Å². The Morgan fingerprint density at radius 3 is 2.31 bits per heavy atom. The molecule has 0 radical (unpaired) electrons. The van der Waals surface area contributed by atoms with Crippen LogP contribution in [0.4, 0.5) is 0 Å². The molecule has 0 aromatic carbocycles. The maximum absolute atomic E-state index is 11.5. The van der Waals surface area contributed by atoms with E-state index in [2.05, 4.69) is 25.5 Å². The van der Waals surface area contributed by atoms with E-state index < -0.39 is 10.0 Å². The van der Waals surface area contributed by atoms with Gasteiger partial charge in [-0.25, -0.2) is 13.1 Å². The lowest BCUT2D eigenvalue weighted by atomic mass is 9.88. The van der Waals surface area contributed by atoms with Gasteiger partial charge in [0.1, 0.15) is 0 Å². The molecular formula is C11H26N2O2S. The monoisotopic (exact) mass is 250 g/mol. The van der Waals surface area contributed by atoms with Gasteiger partial charge >= 0.3 is 0 Å². The van der Waals surface area contributed by atoms with Gasteiger partial charge in [-0.1, -0.05) is 34.1 Å². The molecule has 0 bridgehead atoms. The summed E-state index contributed by atoms with van der Waals surface area (Å²) >= 11 is 0. The minimum Gasteiger partial charge on any atom is -0.326 e. The summed E-state index contributed by atoms with van der Waals surface area (Å²) < 4.78 is 25.5. The Labute approximate surface area is 100 Å². The summed E-state index contributed by atoms with van der Waals surface area (Å²) in [6.07, 6.45) is 2.39. The van der Waals surface area contributed by atoms with Crippen molar-refractivity contribution in [3.63, 3.8) is 0 Å². The number of nitrogens with one attached hydrogen (secondary N) is 1. The Morgan fingerprint density at radius 2 is 1.88 bits per heavy atom. The second kappa shape index (κ2) is 6.57. The topological polar surface area (TPSA) is 72.2 Å². The average Bonchev–Trinajstić information content (AvgIpc) is 2.09. The number of unbranched alkanes of at least 4 members (excludes halogenated alkanes) is 1. The van der Waals surface area contributed by atoms with Crippen molar-refractivity contribution in [1.82, 2.24) is 4.72 Å². The third-order valence-corrected chi connectivity index (χ3v) is 3.64. The summed E-state index contributed by atoms with van der Waals surface area (Å²) in [5.74, 6) is 0.200. The molecule has 1 unspecified atom stereocenters. The SMILES string of the molecule is CCCCS(=O)(=O)NCC(N)CC(C)(C)C. The largest absolute Gasteiger partial charge is 0.326 e. The zero-order chi connectivity index (χ0) is 12.8. The van der Waals surface area contributed by atoms with Gasteiger partial charge in [0.25, 0.3) is 0 Å². The third-order valence-electron chi connectivity index (χ3n) is 2.21. The van der Waals surface area contributed by atoms with E-state index in [-0.39, 0.29) is 17.2 Å². The minimum atomic E-state index is -3.12. The molecule has 0 saturated carbocycles. The van der Waals surface area contributed by atoms with Crippen molar-refractivity contribution in [3.8, 4) is 0 Å². The summed E-state index contributed by atoms with van der Waals surface area (Å²) in [5, 5.41) is 0. The van der Waals surface area contributed by atoms with Crippen LogP contribution >= 0.6 is 0 Å². The van der Waals surface area contributed by atoms with Crippen LogP contribution in [0, 0.1) is 5.41 Å². The van der Waals surface area contributed by atoms with Crippen molar-refractivity contribution in [2.75, 3.05) is 12.3 Å². The molecule has 0 aliphatic carbocycles. The van der Waals surface area contributed by atoms with Gasteiger partial charge in [-0.2, -0.15) is 0 Å². The first-order valence-electron chi connectivity index (χ1n) is 5.89. The molecule has 0 rings (SSSR count). The second-order valence-electron chi connectivity index (χ2n) is 5.55. The zero-order valence-electron chi connectivity index (χ0n) is 10.9. The van der Waals surface area contributed by atoms with E-state index in [4.69, 9.17) is 5.73 Å². The molecule has 3 N–H and O–H groups in total. The smallest absolute Gasteiger partial charge is 0.211 e. The summed E-state index contributed by atoms with van der Waals surface area (Å²) in [6, 6.07) is -0.114. The maximum Gasteiger partial charge on any atom is 0.211 e. The van der Waals surface area contributed by atoms with Crippen molar-refractivity contribution in [3.05, 3.63) is 0 Å². The summed E-state index contributed by atoms with van der Waals surface area (Å²) in [5.41, 5.74) is 6.00. The molecule has 4 nitrogen and oxygen atoms in total. The van der Waals surface area contributed by atoms with E-state index in [1.165, 1.54) is 0 Å². The zero-order valence-corrected chi connectivity index (χ0v) is 11.7. The first-order chi connectivity index (χ1) is 7.16. The molecule has 98 valence electrons. The minimum absolute atomic E-state index is 0.114. The first-order valence-corrected chi connectivity index (χ1v) is 7.54. The molecule has 0 fully saturated rings. The molecule has 5 heteroatoms.